The maximum atomic E-state index is 13.9. The summed E-state index contributed by atoms with van der Waals surface area (Å²) in [6.45, 7) is 10.6. The normalized spacial score (nSPS) is 21.5. The van der Waals surface area contributed by atoms with Crippen molar-refractivity contribution in [2.75, 3.05) is 34.5 Å². The number of benzene rings is 2. The summed E-state index contributed by atoms with van der Waals surface area (Å²) in [6, 6.07) is 14.4. The number of aliphatic imine (C=N–C) groups is 1. The van der Waals surface area contributed by atoms with E-state index in [0.717, 1.165) is 52.1 Å². The standard InChI is InChI=1S/C44H56ClN7O7/c1-24(2)37(49-43(55)58-7)41(53)51-22-27(23-57-6)19-36(51)33-20-32(39(45)47-33)30-14-10-28(11-15-30)29-12-16-31(17-13-29)34-21-46-40(48-34)35-18-9-26(5)52(35)42(54)38(25(3)4)50-44(56)59-8/h10-17,21,24-27,35-38H,9,18-20,22-23H2,1-8H3,(H,46,48)(H,49,55)(H,50,56)/t26-,27-,35-,36-,37-,38-/m0/s1. The van der Waals surface area contributed by atoms with Gasteiger partial charge in [-0.15, -0.1) is 0 Å². The summed E-state index contributed by atoms with van der Waals surface area (Å²) in [5.41, 5.74) is 6.53. The number of carbonyl (C=O) groups is 4. The number of likely N-dealkylation sites (tertiary alicyclic amines) is 2. The van der Waals surface area contributed by atoms with Crippen LogP contribution in [0.1, 0.15) is 77.7 Å². The molecule has 15 heteroatoms. The molecule has 0 unspecified atom stereocenters. The maximum Gasteiger partial charge on any atom is 0.407 e. The van der Waals surface area contributed by atoms with Crippen molar-refractivity contribution >= 4 is 46.9 Å². The van der Waals surface area contributed by atoms with Crippen LogP contribution < -0.4 is 10.6 Å². The second-order valence-corrected chi connectivity index (χ2v) is 16.7. The minimum Gasteiger partial charge on any atom is -0.453 e. The van der Waals surface area contributed by atoms with Gasteiger partial charge in [0.2, 0.25) is 11.8 Å². The van der Waals surface area contributed by atoms with Gasteiger partial charge in [-0.1, -0.05) is 87.8 Å². The molecule has 6 atom stereocenters. The number of alkyl carbamates (subject to hydrolysis) is 2. The van der Waals surface area contributed by atoms with Gasteiger partial charge >= 0.3 is 12.2 Å². The third-order valence-corrected chi connectivity index (χ3v) is 12.0. The Kier molecular flexibility index (Phi) is 13.8. The van der Waals surface area contributed by atoms with Crippen LogP contribution in [0.4, 0.5) is 9.59 Å². The first-order chi connectivity index (χ1) is 28.2. The van der Waals surface area contributed by atoms with Gasteiger partial charge in [0.1, 0.15) is 23.1 Å². The topological polar surface area (TPSA) is 168 Å². The number of nitrogens with one attached hydrogen (secondary N) is 3. The molecule has 316 valence electrons. The lowest BCUT2D eigenvalue weighted by molar-refractivity contribution is -0.137. The average Bonchev–Trinajstić information content (AvgIpc) is 4.04. The molecule has 2 fully saturated rings. The SMILES string of the molecule is COC[C@H]1C[C@@H](C2=NC(Cl)=C(c3ccc(-c4ccc(-c5cnc([C@@H]6CC[C@H](C)N6C(=O)[C@@H](NC(=O)OC)C(C)C)[nH]5)cc4)cc3)C2)N(C(=O)[C@@H](NC(=O)OC)C(C)C)C1. The third-order valence-electron chi connectivity index (χ3n) is 11.7. The summed E-state index contributed by atoms with van der Waals surface area (Å²) in [6.07, 6.45) is 3.28. The number of carbonyl (C=O) groups excluding carboxylic acids is 4. The zero-order valence-corrected chi connectivity index (χ0v) is 35.8. The van der Waals surface area contributed by atoms with E-state index in [2.05, 4.69) is 39.9 Å². The molecule has 2 aromatic carbocycles. The minimum absolute atomic E-state index is 0.00833. The van der Waals surface area contributed by atoms with E-state index < -0.39 is 24.3 Å². The number of amides is 4. The van der Waals surface area contributed by atoms with Gasteiger partial charge in [0.15, 0.2) is 0 Å². The molecule has 4 heterocycles. The number of hydrogen-bond acceptors (Lipinski definition) is 9. The van der Waals surface area contributed by atoms with E-state index in [1.165, 1.54) is 14.2 Å². The number of allylic oxidation sites excluding steroid dienone is 1. The Morgan fingerprint density at radius 1 is 0.814 bits per heavy atom. The van der Waals surface area contributed by atoms with Gasteiger partial charge in [0.05, 0.1) is 44.8 Å². The van der Waals surface area contributed by atoms with Gasteiger partial charge in [0.25, 0.3) is 0 Å². The Morgan fingerprint density at radius 2 is 1.37 bits per heavy atom. The highest BCUT2D eigenvalue weighted by Crippen LogP contribution is 2.39. The number of halogens is 1. The van der Waals surface area contributed by atoms with Crippen LogP contribution in [-0.4, -0.2) is 108 Å². The fraction of sp³-hybridized carbons (Fsp3) is 0.500. The Balaban J connectivity index is 1.12. The second kappa shape index (κ2) is 18.8. The van der Waals surface area contributed by atoms with Crippen molar-refractivity contribution in [3.05, 3.63) is 71.3 Å². The van der Waals surface area contributed by atoms with E-state index in [4.69, 9.17) is 35.8 Å². The molecule has 0 radical (unpaired) electrons. The molecule has 2 saturated heterocycles. The minimum atomic E-state index is -0.749. The largest absolute Gasteiger partial charge is 0.453 e. The molecule has 0 saturated carbocycles. The van der Waals surface area contributed by atoms with E-state index in [0.29, 0.717) is 37.0 Å². The van der Waals surface area contributed by atoms with Gasteiger partial charge in [-0.3, -0.25) is 9.59 Å². The number of aromatic nitrogens is 2. The van der Waals surface area contributed by atoms with Crippen LogP contribution in [0.5, 0.6) is 0 Å². The number of methoxy groups -OCH3 is 3. The van der Waals surface area contributed by atoms with Crippen molar-refractivity contribution in [2.45, 2.75) is 90.5 Å². The van der Waals surface area contributed by atoms with Crippen LogP contribution in [0.25, 0.3) is 28.0 Å². The van der Waals surface area contributed by atoms with Gasteiger partial charge < -0.3 is 39.6 Å². The van der Waals surface area contributed by atoms with Crippen LogP contribution >= 0.6 is 11.6 Å². The van der Waals surface area contributed by atoms with Crippen molar-refractivity contribution in [1.29, 1.82) is 0 Å². The van der Waals surface area contributed by atoms with Crippen molar-refractivity contribution in [3.63, 3.8) is 0 Å². The molecular formula is C44H56ClN7O7. The highest BCUT2D eigenvalue weighted by atomic mass is 35.5. The van der Waals surface area contributed by atoms with E-state index in [1.807, 2.05) is 68.7 Å². The van der Waals surface area contributed by atoms with Crippen molar-refractivity contribution in [3.8, 4) is 22.4 Å². The van der Waals surface area contributed by atoms with E-state index in [1.54, 1.807) is 13.3 Å². The molecular weight excluding hydrogens is 774 g/mol. The van der Waals surface area contributed by atoms with Crippen LogP contribution in [-0.2, 0) is 23.8 Å². The Labute approximate surface area is 351 Å². The predicted octanol–water partition coefficient (Wildman–Crippen LogP) is 7.17. The summed E-state index contributed by atoms with van der Waals surface area (Å²) < 4.78 is 15.1. The number of ether oxygens (including phenoxy) is 3. The molecule has 3 aromatic rings. The highest BCUT2D eigenvalue weighted by molar-refractivity contribution is 6.35. The highest BCUT2D eigenvalue weighted by Gasteiger charge is 2.43. The van der Waals surface area contributed by atoms with Crippen LogP contribution in [0, 0.1) is 17.8 Å². The second-order valence-electron chi connectivity index (χ2n) is 16.4. The smallest absolute Gasteiger partial charge is 0.407 e. The summed E-state index contributed by atoms with van der Waals surface area (Å²) >= 11 is 6.81. The molecule has 14 nitrogen and oxygen atoms in total. The lowest BCUT2D eigenvalue weighted by atomic mass is 9.95. The van der Waals surface area contributed by atoms with Crippen LogP contribution in [0.3, 0.4) is 0 Å². The molecule has 4 amide bonds. The zero-order chi connectivity index (χ0) is 42.5. The van der Waals surface area contributed by atoms with Crippen molar-refractivity contribution < 1.29 is 33.4 Å². The summed E-state index contributed by atoms with van der Waals surface area (Å²) in [5, 5.41) is 5.83. The number of nitrogens with zero attached hydrogens (tertiary/aromatic N) is 4. The lowest BCUT2D eigenvalue weighted by Crippen LogP contribution is -2.53. The first-order valence-electron chi connectivity index (χ1n) is 20.3. The maximum absolute atomic E-state index is 13.9. The van der Waals surface area contributed by atoms with Crippen molar-refractivity contribution in [1.82, 2.24) is 30.4 Å². The summed E-state index contributed by atoms with van der Waals surface area (Å²) in [4.78, 5) is 68.5. The Morgan fingerprint density at radius 3 is 1.93 bits per heavy atom. The fourth-order valence-corrected chi connectivity index (χ4v) is 8.74. The molecule has 3 aliphatic rings. The first-order valence-corrected chi connectivity index (χ1v) is 20.6. The van der Waals surface area contributed by atoms with Gasteiger partial charge in [-0.05, 0) is 60.3 Å². The molecule has 0 bridgehead atoms. The monoisotopic (exact) mass is 829 g/mol. The van der Waals surface area contributed by atoms with Crippen LogP contribution in [0.15, 0.2) is 64.9 Å². The fourth-order valence-electron chi connectivity index (χ4n) is 8.46. The first kappa shape index (κ1) is 43.4. The number of imidazole rings is 1. The number of aromatic amines is 1. The third kappa shape index (κ3) is 9.49. The predicted molar refractivity (Wildman–Crippen MR) is 226 cm³/mol. The molecule has 1 aromatic heterocycles. The van der Waals surface area contributed by atoms with Gasteiger partial charge in [-0.2, -0.15) is 0 Å². The summed E-state index contributed by atoms with van der Waals surface area (Å²) in [7, 11) is 4.22. The molecule has 0 spiro atoms. The molecule has 59 heavy (non-hydrogen) atoms. The van der Waals surface area contributed by atoms with Gasteiger partial charge in [-0.25, -0.2) is 19.6 Å². The zero-order valence-electron chi connectivity index (χ0n) is 35.1. The molecule has 3 aliphatic heterocycles. The number of hydrogen-bond donors (Lipinski definition) is 3. The quantitative estimate of drug-likeness (QED) is 0.153. The van der Waals surface area contributed by atoms with E-state index in [-0.39, 0.29) is 47.7 Å². The van der Waals surface area contributed by atoms with E-state index in [9.17, 15) is 19.2 Å². The lowest BCUT2D eigenvalue weighted by Gasteiger charge is -2.32. The van der Waals surface area contributed by atoms with E-state index >= 15 is 0 Å². The molecule has 3 N–H and O–H groups in total. The Bertz CT molecular complexity index is 2060. The summed E-state index contributed by atoms with van der Waals surface area (Å²) in [5.74, 6) is 0.214. The number of rotatable bonds is 13. The molecule has 6 rings (SSSR count). The Hall–Kier alpha value is -5.21. The van der Waals surface area contributed by atoms with Gasteiger partial charge in [0, 0.05) is 43.3 Å². The molecule has 0 aliphatic carbocycles. The number of H-pyrrole nitrogens is 1. The van der Waals surface area contributed by atoms with Crippen molar-refractivity contribution in [2.24, 2.45) is 22.7 Å². The average molecular weight is 830 g/mol. The van der Waals surface area contributed by atoms with Crippen LogP contribution in [0.2, 0.25) is 0 Å².